The third-order valence-corrected chi connectivity index (χ3v) is 3.49. The summed E-state index contributed by atoms with van der Waals surface area (Å²) in [7, 11) is 2.18. The fourth-order valence-corrected chi connectivity index (χ4v) is 2.24. The summed E-state index contributed by atoms with van der Waals surface area (Å²) < 4.78 is 6.07. The summed E-state index contributed by atoms with van der Waals surface area (Å²) >= 11 is 0. The summed E-state index contributed by atoms with van der Waals surface area (Å²) in [6.07, 6.45) is 2.68. The second-order valence-corrected chi connectivity index (χ2v) is 5.35. The molecular weight excluding hydrogens is 210 g/mol. The minimum atomic E-state index is 0.397. The lowest BCUT2D eigenvalue weighted by Gasteiger charge is -2.29. The predicted octanol–water partition coefficient (Wildman–Crippen LogP) is 3.28. The highest BCUT2D eigenvalue weighted by molar-refractivity contribution is 5.30. The van der Waals surface area contributed by atoms with Crippen molar-refractivity contribution in [3.05, 3.63) is 29.8 Å². The van der Waals surface area contributed by atoms with E-state index < -0.39 is 0 Å². The second-order valence-electron chi connectivity index (χ2n) is 5.35. The Labute approximate surface area is 105 Å². The van der Waals surface area contributed by atoms with Gasteiger partial charge in [0.1, 0.15) is 11.9 Å². The van der Waals surface area contributed by atoms with Crippen LogP contribution in [0.1, 0.15) is 38.2 Å². The number of hydrogen-bond donors (Lipinski definition) is 0. The van der Waals surface area contributed by atoms with E-state index in [1.807, 2.05) is 0 Å². The number of benzene rings is 1. The molecule has 0 atom stereocenters. The van der Waals surface area contributed by atoms with Gasteiger partial charge in [-0.05, 0) is 43.5 Å². The third-order valence-electron chi connectivity index (χ3n) is 3.49. The molecule has 1 aromatic rings. The van der Waals surface area contributed by atoms with Crippen LogP contribution < -0.4 is 4.74 Å². The molecule has 1 aliphatic rings. The van der Waals surface area contributed by atoms with Gasteiger partial charge in [0.2, 0.25) is 0 Å². The molecule has 0 aliphatic carbocycles. The van der Waals surface area contributed by atoms with Crippen LogP contribution in [-0.4, -0.2) is 31.1 Å². The van der Waals surface area contributed by atoms with Crippen LogP contribution in [0.4, 0.5) is 0 Å². The first-order valence-electron chi connectivity index (χ1n) is 6.60. The molecule has 94 valence electrons. The standard InChI is InChI=1S/C15H23NO/c1-12(2)13-5-4-6-15(11-13)17-14-7-9-16(3)10-8-14/h4-6,11-12,14H,7-10H2,1-3H3. The molecule has 0 unspecified atom stereocenters. The molecule has 0 spiro atoms. The van der Waals surface area contributed by atoms with Gasteiger partial charge in [-0.15, -0.1) is 0 Å². The SMILES string of the molecule is CC(C)c1cccc(OC2CCN(C)CC2)c1. The van der Waals surface area contributed by atoms with E-state index in [4.69, 9.17) is 4.74 Å². The molecule has 0 aromatic heterocycles. The second kappa shape index (κ2) is 5.54. The van der Waals surface area contributed by atoms with Crippen LogP contribution in [0.3, 0.4) is 0 Å². The van der Waals surface area contributed by atoms with Crippen molar-refractivity contribution >= 4 is 0 Å². The zero-order chi connectivity index (χ0) is 12.3. The molecule has 0 amide bonds. The molecule has 1 saturated heterocycles. The lowest BCUT2D eigenvalue weighted by molar-refractivity contribution is 0.114. The Morgan fingerprint density at radius 1 is 1.24 bits per heavy atom. The fourth-order valence-electron chi connectivity index (χ4n) is 2.24. The molecule has 0 bridgehead atoms. The van der Waals surface area contributed by atoms with E-state index in [0.717, 1.165) is 31.7 Å². The van der Waals surface area contributed by atoms with E-state index >= 15 is 0 Å². The number of ether oxygens (including phenoxy) is 1. The molecule has 0 N–H and O–H groups in total. The maximum atomic E-state index is 6.07. The van der Waals surface area contributed by atoms with Crippen molar-refractivity contribution in [2.75, 3.05) is 20.1 Å². The van der Waals surface area contributed by atoms with E-state index in [9.17, 15) is 0 Å². The van der Waals surface area contributed by atoms with Crippen molar-refractivity contribution in [1.29, 1.82) is 0 Å². The largest absolute Gasteiger partial charge is 0.490 e. The molecular formula is C15H23NO. The minimum absolute atomic E-state index is 0.397. The maximum absolute atomic E-state index is 6.07. The molecule has 0 saturated carbocycles. The summed E-state index contributed by atoms with van der Waals surface area (Å²) in [5.41, 5.74) is 1.36. The van der Waals surface area contributed by atoms with Crippen LogP contribution in [0, 0.1) is 0 Å². The molecule has 2 nitrogen and oxygen atoms in total. The van der Waals surface area contributed by atoms with Gasteiger partial charge in [0.25, 0.3) is 0 Å². The minimum Gasteiger partial charge on any atom is -0.490 e. The van der Waals surface area contributed by atoms with Crippen LogP contribution in [-0.2, 0) is 0 Å². The maximum Gasteiger partial charge on any atom is 0.120 e. The van der Waals surface area contributed by atoms with Crippen molar-refractivity contribution in [3.63, 3.8) is 0 Å². The van der Waals surface area contributed by atoms with Crippen molar-refractivity contribution in [2.24, 2.45) is 0 Å². The molecule has 0 radical (unpaired) electrons. The summed E-state index contributed by atoms with van der Waals surface area (Å²) in [4.78, 5) is 2.37. The zero-order valence-electron chi connectivity index (χ0n) is 11.1. The first kappa shape index (κ1) is 12.4. The van der Waals surface area contributed by atoms with Gasteiger partial charge in [-0.25, -0.2) is 0 Å². The van der Waals surface area contributed by atoms with Gasteiger partial charge in [-0.1, -0.05) is 26.0 Å². The molecule has 2 heteroatoms. The van der Waals surface area contributed by atoms with E-state index in [1.165, 1.54) is 5.56 Å². The van der Waals surface area contributed by atoms with E-state index in [0.29, 0.717) is 12.0 Å². The lowest BCUT2D eigenvalue weighted by atomic mass is 10.0. The zero-order valence-corrected chi connectivity index (χ0v) is 11.1. The third kappa shape index (κ3) is 3.47. The highest BCUT2D eigenvalue weighted by Gasteiger charge is 2.18. The molecule has 17 heavy (non-hydrogen) atoms. The monoisotopic (exact) mass is 233 g/mol. The smallest absolute Gasteiger partial charge is 0.120 e. The van der Waals surface area contributed by atoms with Gasteiger partial charge in [0.15, 0.2) is 0 Å². The van der Waals surface area contributed by atoms with E-state index in [1.54, 1.807) is 0 Å². The summed E-state index contributed by atoms with van der Waals surface area (Å²) in [5.74, 6) is 1.60. The van der Waals surface area contributed by atoms with Crippen LogP contribution >= 0.6 is 0 Å². The van der Waals surface area contributed by atoms with Crippen molar-refractivity contribution in [3.8, 4) is 5.75 Å². The van der Waals surface area contributed by atoms with Gasteiger partial charge in [0.05, 0.1) is 0 Å². The highest BCUT2D eigenvalue weighted by Crippen LogP contribution is 2.23. The predicted molar refractivity (Wildman–Crippen MR) is 71.7 cm³/mol. The molecule has 1 aliphatic heterocycles. The Balaban J connectivity index is 1.96. The molecule has 1 aromatic carbocycles. The van der Waals surface area contributed by atoms with Crippen molar-refractivity contribution in [1.82, 2.24) is 4.90 Å². The normalized spacial score (nSPS) is 18.6. The van der Waals surface area contributed by atoms with Crippen LogP contribution in [0.2, 0.25) is 0 Å². The van der Waals surface area contributed by atoms with Gasteiger partial charge in [0, 0.05) is 13.1 Å². The fraction of sp³-hybridized carbons (Fsp3) is 0.600. The average Bonchev–Trinajstić information content (AvgIpc) is 2.32. The topological polar surface area (TPSA) is 12.5 Å². The Morgan fingerprint density at radius 3 is 2.59 bits per heavy atom. The van der Waals surface area contributed by atoms with E-state index in [2.05, 4.69) is 50.1 Å². The van der Waals surface area contributed by atoms with Crippen LogP contribution in [0.5, 0.6) is 5.75 Å². The first-order valence-corrected chi connectivity index (χ1v) is 6.60. The average molecular weight is 233 g/mol. The molecule has 1 fully saturated rings. The Bertz CT molecular complexity index is 354. The summed E-state index contributed by atoms with van der Waals surface area (Å²) in [6.45, 7) is 6.73. The van der Waals surface area contributed by atoms with Crippen molar-refractivity contribution in [2.45, 2.75) is 38.7 Å². The van der Waals surface area contributed by atoms with Gasteiger partial charge < -0.3 is 9.64 Å². The number of hydrogen-bond acceptors (Lipinski definition) is 2. The molecule has 2 rings (SSSR count). The Kier molecular flexibility index (Phi) is 4.06. The highest BCUT2D eigenvalue weighted by atomic mass is 16.5. The summed E-state index contributed by atoms with van der Waals surface area (Å²) in [6, 6.07) is 8.53. The van der Waals surface area contributed by atoms with Gasteiger partial charge in [-0.3, -0.25) is 0 Å². The number of rotatable bonds is 3. The van der Waals surface area contributed by atoms with Crippen LogP contribution in [0.15, 0.2) is 24.3 Å². The van der Waals surface area contributed by atoms with Gasteiger partial charge in [-0.2, -0.15) is 0 Å². The van der Waals surface area contributed by atoms with Crippen LogP contribution in [0.25, 0.3) is 0 Å². The van der Waals surface area contributed by atoms with Crippen molar-refractivity contribution < 1.29 is 4.74 Å². The Morgan fingerprint density at radius 2 is 1.94 bits per heavy atom. The van der Waals surface area contributed by atoms with E-state index in [-0.39, 0.29) is 0 Å². The number of likely N-dealkylation sites (tertiary alicyclic amines) is 1. The Hall–Kier alpha value is -1.02. The van der Waals surface area contributed by atoms with Gasteiger partial charge >= 0.3 is 0 Å². The first-order chi connectivity index (χ1) is 8.15. The number of nitrogens with zero attached hydrogens (tertiary/aromatic N) is 1. The lowest BCUT2D eigenvalue weighted by Crippen LogP contribution is -2.35. The summed E-state index contributed by atoms with van der Waals surface area (Å²) in [5, 5.41) is 0. The molecule has 1 heterocycles. The number of piperidine rings is 1. The quantitative estimate of drug-likeness (QED) is 0.794.